The number of hydrogen-bond acceptors (Lipinski definition) is 2. The molecule has 1 aliphatic heterocycles. The summed E-state index contributed by atoms with van der Waals surface area (Å²) < 4.78 is 5.71. The van der Waals surface area contributed by atoms with E-state index in [0.717, 1.165) is 12.8 Å². The van der Waals surface area contributed by atoms with Crippen LogP contribution in [0.2, 0.25) is 0 Å². The molecule has 1 N–H and O–H groups in total. The summed E-state index contributed by atoms with van der Waals surface area (Å²) >= 11 is 0. The highest BCUT2D eigenvalue weighted by Gasteiger charge is 2.36. The van der Waals surface area contributed by atoms with E-state index in [9.17, 15) is 5.11 Å². The number of aliphatic hydroxyl groups excluding tert-OH is 1. The van der Waals surface area contributed by atoms with Crippen molar-refractivity contribution in [2.45, 2.75) is 58.8 Å². The van der Waals surface area contributed by atoms with Crippen molar-refractivity contribution in [3.05, 3.63) is 0 Å². The molecule has 1 fully saturated rings. The Bertz CT molecular complexity index is 148. The third-order valence-corrected chi connectivity index (χ3v) is 2.45. The van der Waals surface area contributed by atoms with Crippen molar-refractivity contribution in [3.63, 3.8) is 0 Å². The Balaban J connectivity index is 2.61. The smallest absolute Gasteiger partial charge is 0.0885 e. The van der Waals surface area contributed by atoms with Crippen LogP contribution in [0.1, 0.15) is 40.5 Å². The molecule has 0 radical (unpaired) electrons. The van der Waals surface area contributed by atoms with Gasteiger partial charge in [0.05, 0.1) is 18.3 Å². The van der Waals surface area contributed by atoms with Gasteiger partial charge in [0.25, 0.3) is 0 Å². The van der Waals surface area contributed by atoms with Crippen LogP contribution in [0.4, 0.5) is 0 Å². The number of rotatable bonds is 0. The molecule has 2 heteroatoms. The van der Waals surface area contributed by atoms with Crippen molar-refractivity contribution in [3.8, 4) is 0 Å². The molecule has 3 atom stereocenters. The number of ether oxygens (including phenoxy) is 1. The number of aliphatic hydroxyl groups is 1. The summed E-state index contributed by atoms with van der Waals surface area (Å²) in [7, 11) is 0. The molecule has 0 amide bonds. The Labute approximate surface area is 74.9 Å². The first kappa shape index (κ1) is 10.0. The molecule has 1 rings (SSSR count). The van der Waals surface area contributed by atoms with Crippen molar-refractivity contribution in [2.75, 3.05) is 0 Å². The fourth-order valence-corrected chi connectivity index (χ4v) is 1.75. The van der Waals surface area contributed by atoms with Crippen LogP contribution in [-0.4, -0.2) is 23.4 Å². The molecule has 0 aromatic carbocycles. The second kappa shape index (κ2) is 3.35. The molecule has 0 saturated carbocycles. The Hall–Kier alpha value is -0.0800. The lowest BCUT2D eigenvalue weighted by Gasteiger charge is -2.40. The fourth-order valence-electron chi connectivity index (χ4n) is 1.75. The third kappa shape index (κ3) is 2.20. The van der Waals surface area contributed by atoms with Crippen molar-refractivity contribution < 1.29 is 9.84 Å². The minimum absolute atomic E-state index is 0.00116. The largest absolute Gasteiger partial charge is 0.390 e. The quantitative estimate of drug-likeness (QED) is 0.605. The molecular formula is C10H20O2. The molecule has 0 spiro atoms. The standard InChI is InChI=1S/C10H20O2/c1-7-5-6-8(11)9(12-7)10(2,3)4/h7-9,11H,5-6H2,1-4H3. The first-order valence-corrected chi connectivity index (χ1v) is 4.75. The topological polar surface area (TPSA) is 29.5 Å². The normalized spacial score (nSPS) is 38.2. The monoisotopic (exact) mass is 172 g/mol. The van der Waals surface area contributed by atoms with Crippen LogP contribution in [0.3, 0.4) is 0 Å². The molecule has 2 nitrogen and oxygen atoms in total. The summed E-state index contributed by atoms with van der Waals surface area (Å²) in [6.45, 7) is 8.40. The SMILES string of the molecule is CC1CCC(O)C(C(C)(C)C)O1. The van der Waals surface area contributed by atoms with Crippen LogP contribution in [0, 0.1) is 5.41 Å². The first-order chi connectivity index (χ1) is 5.41. The summed E-state index contributed by atoms with van der Waals surface area (Å²) in [6.07, 6.45) is 1.89. The highest BCUT2D eigenvalue weighted by molar-refractivity contribution is 4.85. The second-order valence-electron chi connectivity index (χ2n) is 4.88. The average Bonchev–Trinajstić information content (AvgIpc) is 1.92. The minimum atomic E-state index is -0.277. The third-order valence-electron chi connectivity index (χ3n) is 2.45. The Kier molecular flexibility index (Phi) is 2.79. The zero-order chi connectivity index (χ0) is 9.35. The van der Waals surface area contributed by atoms with Gasteiger partial charge >= 0.3 is 0 Å². The van der Waals surface area contributed by atoms with Crippen LogP contribution >= 0.6 is 0 Å². The molecule has 1 aliphatic rings. The van der Waals surface area contributed by atoms with E-state index in [0.29, 0.717) is 6.10 Å². The van der Waals surface area contributed by atoms with E-state index in [4.69, 9.17) is 4.74 Å². The first-order valence-electron chi connectivity index (χ1n) is 4.75. The molecule has 1 heterocycles. The van der Waals surface area contributed by atoms with Crippen molar-refractivity contribution in [2.24, 2.45) is 5.41 Å². The second-order valence-corrected chi connectivity index (χ2v) is 4.88. The van der Waals surface area contributed by atoms with Gasteiger partial charge in [-0.3, -0.25) is 0 Å². The maximum absolute atomic E-state index is 9.70. The summed E-state index contributed by atoms with van der Waals surface area (Å²) in [5.41, 5.74) is 0.0497. The van der Waals surface area contributed by atoms with Crippen LogP contribution in [-0.2, 0) is 4.74 Å². The molecule has 0 aromatic heterocycles. The molecule has 0 aliphatic carbocycles. The lowest BCUT2D eigenvalue weighted by molar-refractivity contribution is -0.152. The van der Waals surface area contributed by atoms with Gasteiger partial charge in [0.1, 0.15) is 0 Å². The van der Waals surface area contributed by atoms with Crippen molar-refractivity contribution >= 4 is 0 Å². The Morgan fingerprint density at radius 3 is 2.25 bits per heavy atom. The van der Waals surface area contributed by atoms with E-state index in [1.807, 2.05) is 0 Å². The molecule has 0 bridgehead atoms. The van der Waals surface area contributed by atoms with E-state index >= 15 is 0 Å². The fraction of sp³-hybridized carbons (Fsp3) is 1.00. The zero-order valence-corrected chi connectivity index (χ0v) is 8.50. The van der Waals surface area contributed by atoms with E-state index in [-0.39, 0.29) is 17.6 Å². The molecular weight excluding hydrogens is 152 g/mol. The van der Waals surface area contributed by atoms with E-state index in [1.54, 1.807) is 0 Å². The lowest BCUT2D eigenvalue weighted by Crippen LogP contribution is -2.45. The number of hydrogen-bond donors (Lipinski definition) is 1. The summed E-state index contributed by atoms with van der Waals surface area (Å²) in [5, 5.41) is 9.70. The Morgan fingerprint density at radius 1 is 1.25 bits per heavy atom. The minimum Gasteiger partial charge on any atom is -0.390 e. The van der Waals surface area contributed by atoms with Gasteiger partial charge in [-0.05, 0) is 25.2 Å². The van der Waals surface area contributed by atoms with Gasteiger partial charge in [-0.15, -0.1) is 0 Å². The van der Waals surface area contributed by atoms with Gasteiger partial charge in [0, 0.05) is 0 Å². The van der Waals surface area contributed by atoms with Gasteiger partial charge in [-0.1, -0.05) is 20.8 Å². The van der Waals surface area contributed by atoms with E-state index < -0.39 is 0 Å². The lowest BCUT2D eigenvalue weighted by atomic mass is 9.82. The molecule has 3 unspecified atom stereocenters. The van der Waals surface area contributed by atoms with Gasteiger partial charge in [0.15, 0.2) is 0 Å². The summed E-state index contributed by atoms with van der Waals surface area (Å²) in [4.78, 5) is 0. The van der Waals surface area contributed by atoms with Crippen LogP contribution in [0.5, 0.6) is 0 Å². The van der Waals surface area contributed by atoms with Crippen LogP contribution in [0.15, 0.2) is 0 Å². The predicted octanol–water partition coefficient (Wildman–Crippen LogP) is 1.96. The maximum atomic E-state index is 9.70. The summed E-state index contributed by atoms with van der Waals surface area (Å²) in [6, 6.07) is 0. The predicted molar refractivity (Wildman–Crippen MR) is 49.0 cm³/mol. The zero-order valence-electron chi connectivity index (χ0n) is 8.50. The van der Waals surface area contributed by atoms with Crippen LogP contribution in [0.25, 0.3) is 0 Å². The average molecular weight is 172 g/mol. The van der Waals surface area contributed by atoms with Crippen molar-refractivity contribution in [1.29, 1.82) is 0 Å². The Morgan fingerprint density at radius 2 is 1.83 bits per heavy atom. The molecule has 1 saturated heterocycles. The van der Waals surface area contributed by atoms with E-state index in [1.165, 1.54) is 0 Å². The van der Waals surface area contributed by atoms with Gasteiger partial charge in [-0.2, -0.15) is 0 Å². The van der Waals surface area contributed by atoms with Gasteiger partial charge in [0.2, 0.25) is 0 Å². The van der Waals surface area contributed by atoms with Gasteiger partial charge < -0.3 is 9.84 Å². The van der Waals surface area contributed by atoms with E-state index in [2.05, 4.69) is 27.7 Å². The molecule has 72 valence electrons. The molecule has 0 aromatic rings. The van der Waals surface area contributed by atoms with Crippen LogP contribution < -0.4 is 0 Å². The van der Waals surface area contributed by atoms with Crippen molar-refractivity contribution in [1.82, 2.24) is 0 Å². The maximum Gasteiger partial charge on any atom is 0.0885 e. The summed E-state index contributed by atoms with van der Waals surface area (Å²) in [5.74, 6) is 0. The highest BCUT2D eigenvalue weighted by Crippen LogP contribution is 2.32. The van der Waals surface area contributed by atoms with Gasteiger partial charge in [-0.25, -0.2) is 0 Å². The molecule has 12 heavy (non-hydrogen) atoms. The highest BCUT2D eigenvalue weighted by atomic mass is 16.5.